The molecule has 1 N–H and O–H groups in total. The highest BCUT2D eigenvalue weighted by Gasteiger charge is 2.07. The predicted molar refractivity (Wildman–Crippen MR) is 84.3 cm³/mol. The van der Waals surface area contributed by atoms with Gasteiger partial charge in [-0.15, -0.1) is 0 Å². The van der Waals surface area contributed by atoms with E-state index < -0.39 is 12.1 Å². The average Bonchev–Trinajstić information content (AvgIpc) is 2.57. The van der Waals surface area contributed by atoms with Crippen molar-refractivity contribution in [2.24, 2.45) is 5.16 Å². The fourth-order valence-electron chi connectivity index (χ4n) is 1.63. The highest BCUT2D eigenvalue weighted by Crippen LogP contribution is 2.11. The van der Waals surface area contributed by atoms with Gasteiger partial charge < -0.3 is 4.74 Å². The summed E-state index contributed by atoms with van der Waals surface area (Å²) in [5.74, 6) is -0.413. The fraction of sp³-hybridized carbons (Fsp3) is 0.125. The predicted octanol–water partition coefficient (Wildman–Crippen LogP) is 2.84. The summed E-state index contributed by atoms with van der Waals surface area (Å²) in [7, 11) is 0. The molecule has 7 heteroatoms. The van der Waals surface area contributed by atoms with Gasteiger partial charge in [-0.05, 0) is 48.9 Å². The second kappa shape index (κ2) is 8.28. The molecule has 2 aromatic rings. The Balaban J connectivity index is 1.85. The third-order valence-corrected chi connectivity index (χ3v) is 2.69. The Morgan fingerprint density at radius 1 is 1.17 bits per heavy atom. The fourth-order valence-corrected chi connectivity index (χ4v) is 1.63. The first kappa shape index (κ1) is 16.2. The molecule has 0 aliphatic rings. The summed E-state index contributed by atoms with van der Waals surface area (Å²) in [6.07, 6.45) is 3.86. The Morgan fingerprint density at radius 2 is 1.87 bits per heavy atom. The number of rotatable bonds is 5. The van der Waals surface area contributed by atoms with Crippen LogP contribution in [0.3, 0.4) is 0 Å². The second-order valence-corrected chi connectivity index (χ2v) is 4.32. The third-order valence-electron chi connectivity index (χ3n) is 2.69. The summed E-state index contributed by atoms with van der Waals surface area (Å²) >= 11 is 0. The number of anilines is 1. The van der Waals surface area contributed by atoms with E-state index in [-0.39, 0.29) is 0 Å². The van der Waals surface area contributed by atoms with Crippen molar-refractivity contribution in [3.63, 3.8) is 0 Å². The van der Waals surface area contributed by atoms with E-state index in [0.717, 1.165) is 5.56 Å². The Bertz CT molecular complexity index is 684. The number of benzene rings is 1. The summed E-state index contributed by atoms with van der Waals surface area (Å²) in [6, 6.07) is 9.68. The Kier molecular flexibility index (Phi) is 5.81. The zero-order valence-corrected chi connectivity index (χ0v) is 12.4. The first-order chi connectivity index (χ1) is 11.2. The molecule has 23 heavy (non-hydrogen) atoms. The summed E-state index contributed by atoms with van der Waals surface area (Å²) < 4.78 is 4.87. The van der Waals surface area contributed by atoms with Crippen LogP contribution < -0.4 is 5.32 Å². The molecule has 0 atom stereocenters. The molecule has 0 saturated carbocycles. The smallest absolute Gasteiger partial charge is 0.437 e. The maximum atomic E-state index is 11.6. The van der Waals surface area contributed by atoms with Crippen LogP contribution in [0.5, 0.6) is 0 Å². The zero-order valence-electron chi connectivity index (χ0n) is 12.4. The van der Waals surface area contributed by atoms with Crippen molar-refractivity contribution in [2.75, 3.05) is 11.9 Å². The van der Waals surface area contributed by atoms with E-state index in [1.807, 2.05) is 0 Å². The summed E-state index contributed by atoms with van der Waals surface area (Å²) in [6.45, 7) is 2.04. The van der Waals surface area contributed by atoms with Crippen LogP contribution in [-0.2, 0) is 9.57 Å². The number of carbonyl (C=O) groups is 2. The highest BCUT2D eigenvalue weighted by atomic mass is 16.7. The lowest BCUT2D eigenvalue weighted by molar-refractivity contribution is 0.0526. The van der Waals surface area contributed by atoms with Gasteiger partial charge in [-0.2, -0.15) is 0 Å². The number of nitrogens with zero attached hydrogens (tertiary/aromatic N) is 2. The number of hydrogen-bond donors (Lipinski definition) is 1. The molecule has 2 rings (SSSR count). The molecule has 1 aromatic carbocycles. The normalized spacial score (nSPS) is 10.3. The molecule has 0 unspecified atom stereocenters. The van der Waals surface area contributed by atoms with Crippen LogP contribution in [-0.4, -0.2) is 29.9 Å². The van der Waals surface area contributed by atoms with Crippen molar-refractivity contribution in [3.05, 3.63) is 59.9 Å². The molecule has 1 amide bonds. The van der Waals surface area contributed by atoms with Crippen LogP contribution >= 0.6 is 0 Å². The molecule has 1 heterocycles. The average molecular weight is 313 g/mol. The quantitative estimate of drug-likeness (QED) is 0.397. The number of amides is 1. The van der Waals surface area contributed by atoms with Gasteiger partial charge in [0.05, 0.1) is 18.4 Å². The molecular weight excluding hydrogens is 298 g/mol. The lowest BCUT2D eigenvalue weighted by Crippen LogP contribution is -2.11. The molecule has 118 valence electrons. The largest absolute Gasteiger partial charge is 0.462 e. The van der Waals surface area contributed by atoms with Crippen molar-refractivity contribution >= 4 is 24.0 Å². The number of ether oxygens (including phenoxy) is 1. The van der Waals surface area contributed by atoms with Crippen molar-refractivity contribution in [1.82, 2.24) is 4.98 Å². The lowest BCUT2D eigenvalue weighted by Gasteiger charge is -2.04. The van der Waals surface area contributed by atoms with Gasteiger partial charge in [-0.1, -0.05) is 5.16 Å². The van der Waals surface area contributed by atoms with E-state index >= 15 is 0 Å². The molecule has 0 saturated heterocycles. The lowest BCUT2D eigenvalue weighted by atomic mass is 10.2. The van der Waals surface area contributed by atoms with Crippen molar-refractivity contribution in [1.29, 1.82) is 0 Å². The minimum absolute atomic E-state index is 0.306. The van der Waals surface area contributed by atoms with Crippen LogP contribution in [0.25, 0.3) is 0 Å². The SMILES string of the molecule is CCOC(=O)c1ccc(NC(=O)O/N=C\c2ccncc2)cc1. The molecule has 0 fully saturated rings. The topological polar surface area (TPSA) is 89.9 Å². The number of pyridine rings is 1. The van der Waals surface area contributed by atoms with Crippen LogP contribution in [0.4, 0.5) is 10.5 Å². The molecule has 1 aromatic heterocycles. The van der Waals surface area contributed by atoms with Crippen LogP contribution in [0.2, 0.25) is 0 Å². The first-order valence-electron chi connectivity index (χ1n) is 6.87. The first-order valence-corrected chi connectivity index (χ1v) is 6.87. The van der Waals surface area contributed by atoms with Gasteiger partial charge in [0.15, 0.2) is 0 Å². The minimum Gasteiger partial charge on any atom is -0.462 e. The third kappa shape index (κ3) is 5.24. The maximum Gasteiger partial charge on any atom is 0.437 e. The number of oxime groups is 1. The van der Waals surface area contributed by atoms with Crippen molar-refractivity contribution in [3.8, 4) is 0 Å². The molecule has 0 spiro atoms. The number of hydrogen-bond acceptors (Lipinski definition) is 6. The summed E-state index contributed by atoms with van der Waals surface area (Å²) in [5.41, 5.74) is 1.63. The molecule has 0 radical (unpaired) electrons. The zero-order chi connectivity index (χ0) is 16.5. The summed E-state index contributed by atoms with van der Waals surface area (Å²) in [5, 5.41) is 6.06. The van der Waals surface area contributed by atoms with Crippen LogP contribution in [0, 0.1) is 0 Å². The van der Waals surface area contributed by atoms with E-state index in [9.17, 15) is 9.59 Å². The molecule has 7 nitrogen and oxygen atoms in total. The molecule has 0 aliphatic carbocycles. The van der Waals surface area contributed by atoms with Gasteiger partial charge in [0, 0.05) is 18.1 Å². The molecule has 0 aliphatic heterocycles. The van der Waals surface area contributed by atoms with Crippen LogP contribution in [0.1, 0.15) is 22.8 Å². The highest BCUT2D eigenvalue weighted by molar-refractivity contribution is 5.91. The number of carbonyl (C=O) groups excluding carboxylic acids is 2. The Morgan fingerprint density at radius 3 is 2.52 bits per heavy atom. The molecule has 0 bridgehead atoms. The number of nitrogens with one attached hydrogen (secondary N) is 1. The van der Waals surface area contributed by atoms with E-state index in [4.69, 9.17) is 4.74 Å². The van der Waals surface area contributed by atoms with Gasteiger partial charge in [-0.3, -0.25) is 15.1 Å². The van der Waals surface area contributed by atoms with Crippen molar-refractivity contribution in [2.45, 2.75) is 6.92 Å². The standard InChI is InChI=1S/C16H15N3O4/c1-2-22-15(20)13-3-5-14(6-4-13)19-16(21)23-18-11-12-7-9-17-10-8-12/h3-11H,2H2,1H3,(H,19,21)/b18-11-. The maximum absolute atomic E-state index is 11.6. The number of esters is 1. The molecular formula is C16H15N3O4. The Labute approximate surface area is 132 Å². The Hall–Kier alpha value is -3.22. The van der Waals surface area contributed by atoms with E-state index in [2.05, 4.69) is 20.3 Å². The van der Waals surface area contributed by atoms with Gasteiger partial charge in [0.1, 0.15) is 0 Å². The van der Waals surface area contributed by atoms with E-state index in [1.54, 1.807) is 55.7 Å². The van der Waals surface area contributed by atoms with Crippen LogP contribution in [0.15, 0.2) is 53.9 Å². The second-order valence-electron chi connectivity index (χ2n) is 4.32. The van der Waals surface area contributed by atoms with E-state index in [1.165, 1.54) is 6.21 Å². The minimum atomic E-state index is -0.737. The van der Waals surface area contributed by atoms with E-state index in [0.29, 0.717) is 17.9 Å². The van der Waals surface area contributed by atoms with Gasteiger partial charge in [0.25, 0.3) is 0 Å². The number of aromatic nitrogens is 1. The van der Waals surface area contributed by atoms with Gasteiger partial charge in [-0.25, -0.2) is 9.59 Å². The van der Waals surface area contributed by atoms with Gasteiger partial charge >= 0.3 is 12.1 Å². The summed E-state index contributed by atoms with van der Waals surface area (Å²) in [4.78, 5) is 31.6. The van der Waals surface area contributed by atoms with Crippen molar-refractivity contribution < 1.29 is 19.2 Å². The van der Waals surface area contributed by atoms with Gasteiger partial charge in [0.2, 0.25) is 0 Å². The monoisotopic (exact) mass is 313 g/mol.